The van der Waals surface area contributed by atoms with Crippen LogP contribution >= 0.6 is 0 Å². The standard InChI is InChI=1S/C57H61NO12/c1-40(59)58-49-52(64-35-43-25-13-5-14-26-43)50(62-33-41-21-9-3-10-22-41)47(38-67-55(60)46-31-19-8-20-32-46)69-56(49)68-39-48-51(63-34-42-23-11-4-12-24-42)53(65-36-44-27-15-6-16-28-44)54(57(61-2)70-48)66-37-45-29-17-7-18-30-45/h3-32,47-54,56-57H,33-39H2,1-2H3,(H,58,59). The van der Waals surface area contributed by atoms with Crippen LogP contribution in [-0.2, 0) is 85.2 Å². The van der Waals surface area contributed by atoms with Gasteiger partial charge in [-0.3, -0.25) is 4.79 Å². The predicted octanol–water partition coefficient (Wildman–Crippen LogP) is 8.39. The maximum atomic E-state index is 13.5. The predicted molar refractivity (Wildman–Crippen MR) is 260 cm³/mol. The Morgan fingerprint density at radius 3 is 1.21 bits per heavy atom. The van der Waals surface area contributed by atoms with Crippen LogP contribution in [0.4, 0.5) is 0 Å². The van der Waals surface area contributed by atoms with Crippen LogP contribution in [0, 0.1) is 0 Å². The highest BCUT2D eigenvalue weighted by atomic mass is 16.7. The molecule has 0 saturated carbocycles. The number of hydrogen-bond acceptors (Lipinski definition) is 12. The zero-order valence-electron chi connectivity index (χ0n) is 39.4. The molecule has 2 heterocycles. The summed E-state index contributed by atoms with van der Waals surface area (Å²) in [5.74, 6) is -0.893. The molecule has 10 unspecified atom stereocenters. The van der Waals surface area contributed by atoms with Crippen LogP contribution in [0.2, 0.25) is 0 Å². The van der Waals surface area contributed by atoms with E-state index in [2.05, 4.69) is 5.32 Å². The number of hydrogen-bond donors (Lipinski definition) is 1. The first-order valence-electron chi connectivity index (χ1n) is 23.6. The summed E-state index contributed by atoms with van der Waals surface area (Å²) in [7, 11) is 1.56. The second-order valence-corrected chi connectivity index (χ2v) is 17.2. The highest BCUT2D eigenvalue weighted by molar-refractivity contribution is 5.89. The third kappa shape index (κ3) is 14.3. The van der Waals surface area contributed by atoms with Crippen molar-refractivity contribution >= 4 is 11.9 Å². The lowest BCUT2D eigenvalue weighted by Crippen LogP contribution is -2.67. The van der Waals surface area contributed by atoms with E-state index in [-0.39, 0.29) is 52.2 Å². The van der Waals surface area contributed by atoms with Gasteiger partial charge in [0.15, 0.2) is 12.6 Å². The van der Waals surface area contributed by atoms with Gasteiger partial charge in [0.2, 0.25) is 5.91 Å². The molecule has 0 aliphatic carbocycles. The molecule has 13 heteroatoms. The Hall–Kier alpha value is -6.10. The number of amides is 1. The number of methoxy groups -OCH3 is 1. The molecule has 0 spiro atoms. The third-order valence-corrected chi connectivity index (χ3v) is 12.1. The molecule has 0 bridgehead atoms. The van der Waals surface area contributed by atoms with Crippen LogP contribution in [0.1, 0.15) is 45.1 Å². The van der Waals surface area contributed by atoms with Crippen molar-refractivity contribution in [3.63, 3.8) is 0 Å². The highest BCUT2D eigenvalue weighted by Crippen LogP contribution is 2.34. The summed E-state index contributed by atoms with van der Waals surface area (Å²) in [4.78, 5) is 26.7. The quantitative estimate of drug-likeness (QED) is 0.0618. The molecule has 0 radical (unpaired) electrons. The molecule has 6 aromatic rings. The summed E-state index contributed by atoms with van der Waals surface area (Å²) in [6.07, 6.45) is -7.89. The van der Waals surface area contributed by atoms with Crippen molar-refractivity contribution in [3.05, 3.63) is 215 Å². The van der Waals surface area contributed by atoms with Crippen molar-refractivity contribution in [3.8, 4) is 0 Å². The van der Waals surface area contributed by atoms with Gasteiger partial charge in [-0.15, -0.1) is 0 Å². The zero-order chi connectivity index (χ0) is 48.3. The van der Waals surface area contributed by atoms with Crippen LogP contribution in [0.25, 0.3) is 0 Å². The molecule has 2 aliphatic heterocycles. The van der Waals surface area contributed by atoms with E-state index >= 15 is 0 Å². The lowest BCUT2D eigenvalue weighted by atomic mass is 9.95. The molecule has 6 aromatic carbocycles. The Balaban J connectivity index is 1.12. The van der Waals surface area contributed by atoms with E-state index in [1.165, 1.54) is 6.92 Å². The van der Waals surface area contributed by atoms with Crippen LogP contribution in [0.15, 0.2) is 182 Å². The van der Waals surface area contributed by atoms with E-state index in [9.17, 15) is 9.59 Å². The van der Waals surface area contributed by atoms with Crippen molar-refractivity contribution in [2.24, 2.45) is 0 Å². The average molecular weight is 952 g/mol. The Kier molecular flexibility index (Phi) is 18.8. The second kappa shape index (κ2) is 26.2. The Bertz CT molecular complexity index is 2440. The van der Waals surface area contributed by atoms with E-state index < -0.39 is 67.3 Å². The van der Waals surface area contributed by atoms with Crippen molar-refractivity contribution in [2.45, 2.75) is 101 Å². The monoisotopic (exact) mass is 951 g/mol. The van der Waals surface area contributed by atoms with Crippen LogP contribution in [-0.4, -0.2) is 93.5 Å². The molecule has 0 aromatic heterocycles. The highest BCUT2D eigenvalue weighted by Gasteiger charge is 2.52. The molecule has 2 saturated heterocycles. The minimum absolute atomic E-state index is 0.131. The number of nitrogens with one attached hydrogen (secondary N) is 1. The summed E-state index contributed by atoms with van der Waals surface area (Å²) in [6.45, 7) is 2.13. The SMILES string of the molecule is COC1OC(COC2OC(COC(=O)c3ccccc3)C(OCc3ccccc3)C(OCc3ccccc3)C2NC(C)=O)C(OCc2ccccc2)C(OCc2ccccc2)C1OCc1ccccc1. The van der Waals surface area contributed by atoms with E-state index in [0.717, 1.165) is 27.8 Å². The molecule has 10 atom stereocenters. The maximum absolute atomic E-state index is 13.5. The van der Waals surface area contributed by atoms with Crippen molar-refractivity contribution in [1.29, 1.82) is 0 Å². The van der Waals surface area contributed by atoms with Crippen LogP contribution in [0.3, 0.4) is 0 Å². The molecule has 1 N–H and O–H groups in total. The molecule has 2 aliphatic rings. The lowest BCUT2D eigenvalue weighted by molar-refractivity contribution is -0.336. The first-order chi connectivity index (χ1) is 34.4. The van der Waals surface area contributed by atoms with Crippen LogP contribution < -0.4 is 5.32 Å². The van der Waals surface area contributed by atoms with E-state index in [1.54, 1.807) is 31.4 Å². The second-order valence-electron chi connectivity index (χ2n) is 17.2. The van der Waals surface area contributed by atoms with E-state index in [1.807, 2.05) is 158 Å². The summed E-state index contributed by atoms with van der Waals surface area (Å²) in [5.41, 5.74) is 5.03. The maximum Gasteiger partial charge on any atom is 0.338 e. The fraction of sp³-hybridized carbons (Fsp3) is 0.333. The molecular weight excluding hydrogens is 891 g/mol. The minimum Gasteiger partial charge on any atom is -0.459 e. The fourth-order valence-electron chi connectivity index (χ4n) is 8.58. The topological polar surface area (TPSA) is 138 Å². The molecule has 70 heavy (non-hydrogen) atoms. The van der Waals surface area contributed by atoms with Gasteiger partial charge < -0.3 is 52.7 Å². The van der Waals surface area contributed by atoms with Crippen LogP contribution in [0.5, 0.6) is 0 Å². The van der Waals surface area contributed by atoms with Gasteiger partial charge >= 0.3 is 5.97 Å². The van der Waals surface area contributed by atoms with Gasteiger partial charge in [-0.1, -0.05) is 170 Å². The number of carbonyl (C=O) groups is 2. The normalized spacial score (nSPS) is 24.4. The Morgan fingerprint density at radius 2 is 0.786 bits per heavy atom. The van der Waals surface area contributed by atoms with Gasteiger partial charge in [0.05, 0.1) is 45.2 Å². The number of esters is 1. The largest absolute Gasteiger partial charge is 0.459 e. The number of carbonyl (C=O) groups excluding carboxylic acids is 2. The van der Waals surface area contributed by atoms with Crippen molar-refractivity contribution < 1.29 is 57.0 Å². The van der Waals surface area contributed by atoms with Gasteiger partial charge in [0, 0.05) is 14.0 Å². The fourth-order valence-corrected chi connectivity index (χ4v) is 8.58. The molecule has 366 valence electrons. The molecule has 1 amide bonds. The number of benzene rings is 6. The zero-order valence-corrected chi connectivity index (χ0v) is 39.4. The Labute approximate surface area is 409 Å². The van der Waals surface area contributed by atoms with Crippen molar-refractivity contribution in [2.75, 3.05) is 20.3 Å². The van der Waals surface area contributed by atoms with Gasteiger partial charge in [0.25, 0.3) is 0 Å². The average Bonchev–Trinajstić information content (AvgIpc) is 3.41. The first-order valence-corrected chi connectivity index (χ1v) is 23.6. The molecular formula is C57H61NO12. The smallest absolute Gasteiger partial charge is 0.338 e. The molecule has 13 nitrogen and oxygen atoms in total. The summed E-state index contributed by atoms with van der Waals surface area (Å²) in [5, 5.41) is 3.07. The molecule has 2 fully saturated rings. The summed E-state index contributed by atoms with van der Waals surface area (Å²) < 4.78 is 66.2. The van der Waals surface area contributed by atoms with Gasteiger partial charge in [-0.25, -0.2) is 4.79 Å². The Morgan fingerprint density at radius 1 is 0.429 bits per heavy atom. The minimum atomic E-state index is -1.18. The van der Waals surface area contributed by atoms with Gasteiger partial charge in [-0.05, 0) is 39.9 Å². The third-order valence-electron chi connectivity index (χ3n) is 12.1. The van der Waals surface area contributed by atoms with E-state index in [0.29, 0.717) is 5.56 Å². The molecule has 8 rings (SSSR count). The first kappa shape index (κ1) is 50.3. The van der Waals surface area contributed by atoms with E-state index in [4.69, 9.17) is 47.4 Å². The lowest BCUT2D eigenvalue weighted by Gasteiger charge is -2.48. The summed E-state index contributed by atoms with van der Waals surface area (Å²) in [6, 6.07) is 56.7. The van der Waals surface area contributed by atoms with Gasteiger partial charge in [-0.2, -0.15) is 0 Å². The summed E-state index contributed by atoms with van der Waals surface area (Å²) >= 11 is 0. The van der Waals surface area contributed by atoms with Crippen molar-refractivity contribution in [1.82, 2.24) is 5.32 Å². The van der Waals surface area contributed by atoms with Gasteiger partial charge in [0.1, 0.15) is 55.4 Å². The number of ether oxygens (including phenoxy) is 10. The number of rotatable bonds is 23.